The van der Waals surface area contributed by atoms with Crippen LogP contribution in [0.2, 0.25) is 0 Å². The maximum absolute atomic E-state index is 12.8. The van der Waals surface area contributed by atoms with Crippen molar-refractivity contribution in [3.8, 4) is 11.4 Å². The molecular formula is C23H24N2O3. The van der Waals surface area contributed by atoms with Crippen molar-refractivity contribution >= 4 is 12.1 Å². The fourth-order valence-corrected chi connectivity index (χ4v) is 3.00. The predicted octanol–water partition coefficient (Wildman–Crippen LogP) is 4.55. The molecule has 5 heteroatoms. The molecule has 0 atom stereocenters. The fourth-order valence-electron chi connectivity index (χ4n) is 3.00. The Kier molecular flexibility index (Phi) is 6.73. The Morgan fingerprint density at radius 1 is 1.07 bits per heavy atom. The quantitative estimate of drug-likeness (QED) is 0.296. The summed E-state index contributed by atoms with van der Waals surface area (Å²) in [4.78, 5) is 27.1. The first kappa shape index (κ1) is 19.5. The van der Waals surface area contributed by atoms with E-state index in [-0.39, 0.29) is 5.78 Å². The molecule has 0 aliphatic heterocycles. The van der Waals surface area contributed by atoms with Crippen LogP contribution < -0.4 is 4.74 Å². The van der Waals surface area contributed by atoms with E-state index < -0.39 is 0 Å². The Balaban J connectivity index is 1.61. The topological polar surface area (TPSA) is 61.2 Å². The zero-order valence-corrected chi connectivity index (χ0v) is 16.0. The maximum atomic E-state index is 12.8. The number of aryl methyl sites for hydroxylation is 1. The number of aromatic nitrogens is 2. The molecule has 144 valence electrons. The zero-order chi connectivity index (χ0) is 19.8. The summed E-state index contributed by atoms with van der Waals surface area (Å²) in [5.41, 5.74) is 3.19. The van der Waals surface area contributed by atoms with Gasteiger partial charge in [0.05, 0.1) is 12.9 Å². The van der Waals surface area contributed by atoms with Crippen molar-refractivity contribution in [2.24, 2.45) is 0 Å². The van der Waals surface area contributed by atoms with Gasteiger partial charge in [-0.25, -0.2) is 4.98 Å². The molecule has 1 heterocycles. The van der Waals surface area contributed by atoms with E-state index in [0.29, 0.717) is 24.2 Å². The van der Waals surface area contributed by atoms with Gasteiger partial charge in [0.1, 0.15) is 12.0 Å². The van der Waals surface area contributed by atoms with Crippen LogP contribution in [-0.4, -0.2) is 28.2 Å². The summed E-state index contributed by atoms with van der Waals surface area (Å²) in [6.45, 7) is 2.56. The van der Waals surface area contributed by atoms with Gasteiger partial charge in [0, 0.05) is 35.6 Å². The van der Waals surface area contributed by atoms with Gasteiger partial charge in [0.2, 0.25) is 0 Å². The standard InChI is InChI=1S/C23H24N2O3/c1-18-16-20(8-11-22(18)28-15-5-3-2-4-14-26)23(27)19-6-9-21(10-7-19)25-13-12-24-17-25/h6-14,16-17H,2-5,15H2,1H3. The molecule has 0 saturated carbocycles. The van der Waals surface area contributed by atoms with E-state index in [1.54, 1.807) is 18.6 Å². The molecule has 0 amide bonds. The van der Waals surface area contributed by atoms with Crippen LogP contribution in [0.3, 0.4) is 0 Å². The largest absolute Gasteiger partial charge is 0.493 e. The van der Waals surface area contributed by atoms with Gasteiger partial charge in [0.15, 0.2) is 5.78 Å². The highest BCUT2D eigenvalue weighted by Gasteiger charge is 2.11. The number of imidazole rings is 1. The molecular weight excluding hydrogens is 352 g/mol. The van der Waals surface area contributed by atoms with Crippen LogP contribution in [-0.2, 0) is 4.79 Å². The summed E-state index contributed by atoms with van der Waals surface area (Å²) in [6.07, 6.45) is 9.66. The van der Waals surface area contributed by atoms with Crippen LogP contribution in [0.15, 0.2) is 61.2 Å². The molecule has 0 spiro atoms. The smallest absolute Gasteiger partial charge is 0.193 e. The molecule has 0 radical (unpaired) electrons. The molecule has 0 unspecified atom stereocenters. The molecule has 3 rings (SSSR count). The lowest BCUT2D eigenvalue weighted by atomic mass is 10.0. The minimum atomic E-state index is -0.0132. The SMILES string of the molecule is Cc1cc(C(=O)c2ccc(-n3ccnc3)cc2)ccc1OCCCCCC=O. The van der Waals surface area contributed by atoms with Crippen LogP contribution >= 0.6 is 0 Å². The summed E-state index contributed by atoms with van der Waals surface area (Å²) < 4.78 is 7.70. The number of carbonyl (C=O) groups excluding carboxylic acids is 2. The Bertz CT molecular complexity index is 916. The van der Waals surface area contributed by atoms with E-state index >= 15 is 0 Å². The minimum Gasteiger partial charge on any atom is -0.493 e. The average molecular weight is 376 g/mol. The summed E-state index contributed by atoms with van der Waals surface area (Å²) in [6, 6.07) is 13.0. The molecule has 0 saturated heterocycles. The van der Waals surface area contributed by atoms with Crippen molar-refractivity contribution < 1.29 is 14.3 Å². The van der Waals surface area contributed by atoms with Crippen molar-refractivity contribution in [3.63, 3.8) is 0 Å². The molecule has 28 heavy (non-hydrogen) atoms. The Morgan fingerprint density at radius 3 is 2.54 bits per heavy atom. The maximum Gasteiger partial charge on any atom is 0.193 e. The van der Waals surface area contributed by atoms with Gasteiger partial charge in [-0.1, -0.05) is 0 Å². The van der Waals surface area contributed by atoms with E-state index in [1.165, 1.54) is 0 Å². The van der Waals surface area contributed by atoms with Crippen LogP contribution in [0.4, 0.5) is 0 Å². The number of nitrogens with zero attached hydrogens (tertiary/aromatic N) is 2. The third-order valence-electron chi connectivity index (χ3n) is 4.59. The van der Waals surface area contributed by atoms with Gasteiger partial charge in [-0.2, -0.15) is 0 Å². The van der Waals surface area contributed by atoms with Gasteiger partial charge < -0.3 is 14.1 Å². The number of rotatable bonds is 10. The number of ketones is 1. The van der Waals surface area contributed by atoms with Gasteiger partial charge >= 0.3 is 0 Å². The van der Waals surface area contributed by atoms with Crippen molar-refractivity contribution in [1.29, 1.82) is 0 Å². The van der Waals surface area contributed by atoms with Crippen molar-refractivity contribution in [3.05, 3.63) is 77.9 Å². The lowest BCUT2D eigenvalue weighted by molar-refractivity contribution is -0.107. The number of unbranched alkanes of at least 4 members (excludes halogenated alkanes) is 3. The first-order valence-corrected chi connectivity index (χ1v) is 9.49. The second kappa shape index (κ2) is 9.65. The minimum absolute atomic E-state index is 0.0132. The van der Waals surface area contributed by atoms with Crippen LogP contribution in [0.5, 0.6) is 5.75 Å². The van der Waals surface area contributed by atoms with Gasteiger partial charge in [0.25, 0.3) is 0 Å². The van der Waals surface area contributed by atoms with Crippen LogP contribution in [0.1, 0.15) is 47.2 Å². The van der Waals surface area contributed by atoms with E-state index in [4.69, 9.17) is 4.74 Å². The third-order valence-corrected chi connectivity index (χ3v) is 4.59. The van der Waals surface area contributed by atoms with Crippen molar-refractivity contribution in [2.75, 3.05) is 6.61 Å². The first-order chi connectivity index (χ1) is 13.7. The van der Waals surface area contributed by atoms with Gasteiger partial charge in [-0.15, -0.1) is 0 Å². The first-order valence-electron chi connectivity index (χ1n) is 9.49. The number of aldehydes is 1. The Hall–Kier alpha value is -3.21. The zero-order valence-electron chi connectivity index (χ0n) is 16.0. The average Bonchev–Trinajstić information content (AvgIpc) is 3.26. The summed E-state index contributed by atoms with van der Waals surface area (Å²) in [7, 11) is 0. The van der Waals surface area contributed by atoms with E-state index in [0.717, 1.165) is 42.5 Å². The highest BCUT2D eigenvalue weighted by Crippen LogP contribution is 2.22. The molecule has 3 aromatic rings. The number of ether oxygens (including phenoxy) is 1. The molecule has 0 N–H and O–H groups in total. The number of carbonyl (C=O) groups is 2. The molecule has 0 aliphatic rings. The van der Waals surface area contributed by atoms with E-state index in [2.05, 4.69) is 4.98 Å². The molecule has 2 aromatic carbocycles. The Morgan fingerprint density at radius 2 is 1.86 bits per heavy atom. The third kappa shape index (κ3) is 4.94. The molecule has 0 fully saturated rings. The second-order valence-electron chi connectivity index (χ2n) is 6.69. The van der Waals surface area contributed by atoms with Gasteiger partial charge in [-0.3, -0.25) is 4.79 Å². The van der Waals surface area contributed by atoms with Crippen LogP contribution in [0, 0.1) is 6.92 Å². The van der Waals surface area contributed by atoms with Crippen LogP contribution in [0.25, 0.3) is 5.69 Å². The number of hydrogen-bond donors (Lipinski definition) is 0. The van der Waals surface area contributed by atoms with E-state index in [1.807, 2.05) is 54.1 Å². The number of benzene rings is 2. The predicted molar refractivity (Wildman–Crippen MR) is 108 cm³/mol. The highest BCUT2D eigenvalue weighted by molar-refractivity contribution is 6.09. The second-order valence-corrected chi connectivity index (χ2v) is 6.69. The number of hydrogen-bond acceptors (Lipinski definition) is 4. The normalized spacial score (nSPS) is 10.6. The highest BCUT2D eigenvalue weighted by atomic mass is 16.5. The van der Waals surface area contributed by atoms with Crippen molar-refractivity contribution in [2.45, 2.75) is 32.6 Å². The fraction of sp³-hybridized carbons (Fsp3) is 0.261. The summed E-state index contributed by atoms with van der Waals surface area (Å²) in [5, 5.41) is 0. The monoisotopic (exact) mass is 376 g/mol. The molecule has 0 bridgehead atoms. The van der Waals surface area contributed by atoms with Crippen molar-refractivity contribution in [1.82, 2.24) is 9.55 Å². The molecule has 1 aromatic heterocycles. The lowest BCUT2D eigenvalue weighted by Gasteiger charge is -2.11. The molecule has 5 nitrogen and oxygen atoms in total. The summed E-state index contributed by atoms with van der Waals surface area (Å²) in [5.74, 6) is 0.781. The lowest BCUT2D eigenvalue weighted by Crippen LogP contribution is -2.04. The van der Waals surface area contributed by atoms with Gasteiger partial charge in [-0.05, 0) is 74.2 Å². The Labute approximate surface area is 165 Å². The molecule has 0 aliphatic carbocycles. The van der Waals surface area contributed by atoms with E-state index in [9.17, 15) is 9.59 Å². The summed E-state index contributed by atoms with van der Waals surface area (Å²) >= 11 is 0.